The number of amides is 1. The zero-order chi connectivity index (χ0) is 15.6. The minimum atomic E-state index is -1.20. The van der Waals surface area contributed by atoms with E-state index in [1.165, 1.54) is 4.90 Å². The molecule has 1 saturated heterocycles. The first-order chi connectivity index (χ1) is 9.84. The minimum Gasteiger partial charge on any atom is -0.459 e. The van der Waals surface area contributed by atoms with Gasteiger partial charge in [-0.05, 0) is 19.4 Å². The number of carbonyl (C=O) groups is 2. The molecule has 114 valence electrons. The van der Waals surface area contributed by atoms with Gasteiger partial charge in [0.05, 0.1) is 5.41 Å². The molecule has 5 nitrogen and oxygen atoms in total. The normalized spacial score (nSPS) is 21.6. The third-order valence-electron chi connectivity index (χ3n) is 3.57. The van der Waals surface area contributed by atoms with Gasteiger partial charge in [-0.15, -0.1) is 0 Å². The smallest absolute Gasteiger partial charge is 0.326 e. The molecule has 0 N–H and O–H groups in total. The molecule has 6 heteroatoms. The largest absolute Gasteiger partial charge is 0.459 e. The van der Waals surface area contributed by atoms with E-state index >= 15 is 0 Å². The molecule has 1 aliphatic rings. The number of carbonyl (C=O) groups excluding carboxylic acids is 2. The first-order valence-corrected chi connectivity index (χ1v) is 8.29. The fourth-order valence-corrected chi connectivity index (χ4v) is 4.04. The van der Waals surface area contributed by atoms with Crippen LogP contribution in [0.1, 0.15) is 19.4 Å². The molecule has 0 aromatic heterocycles. The van der Waals surface area contributed by atoms with E-state index in [-0.39, 0.29) is 19.1 Å². The van der Waals surface area contributed by atoms with Crippen LogP contribution in [-0.4, -0.2) is 39.2 Å². The second kappa shape index (κ2) is 5.97. The third kappa shape index (κ3) is 3.15. The Kier molecular flexibility index (Phi) is 4.46. The van der Waals surface area contributed by atoms with Crippen molar-refractivity contribution in [3.8, 4) is 0 Å². The molecule has 1 amide bonds. The molecule has 1 heterocycles. The Morgan fingerprint density at radius 2 is 1.95 bits per heavy atom. The fraction of sp³-hybridized carbons (Fsp3) is 0.467. The van der Waals surface area contributed by atoms with Gasteiger partial charge in [0, 0.05) is 17.1 Å². The van der Waals surface area contributed by atoms with Gasteiger partial charge in [-0.3, -0.25) is 13.8 Å². The summed E-state index contributed by atoms with van der Waals surface area (Å²) in [5, 5.41) is -0.436. The SMILES string of the molecule is CS(=O)C1N(CC(=O)OCc2ccccc2)C(=O)C1(C)C. The van der Waals surface area contributed by atoms with E-state index in [4.69, 9.17) is 4.74 Å². The van der Waals surface area contributed by atoms with Crippen molar-refractivity contribution in [2.24, 2.45) is 5.41 Å². The molecule has 2 atom stereocenters. The highest BCUT2D eigenvalue weighted by atomic mass is 32.2. The summed E-state index contributed by atoms with van der Waals surface area (Å²) in [4.78, 5) is 25.2. The molecule has 2 rings (SSSR count). The number of likely N-dealkylation sites (tertiary alicyclic amines) is 1. The number of hydrogen-bond acceptors (Lipinski definition) is 4. The lowest BCUT2D eigenvalue weighted by Gasteiger charge is -2.50. The Bertz CT molecular complexity index is 570. The fourth-order valence-electron chi connectivity index (χ4n) is 2.58. The Morgan fingerprint density at radius 1 is 1.33 bits per heavy atom. The number of benzene rings is 1. The van der Waals surface area contributed by atoms with Crippen LogP contribution in [0.15, 0.2) is 30.3 Å². The summed E-state index contributed by atoms with van der Waals surface area (Å²) in [5.41, 5.74) is 0.205. The number of ether oxygens (including phenoxy) is 1. The van der Waals surface area contributed by atoms with Gasteiger partial charge in [-0.2, -0.15) is 0 Å². The summed E-state index contributed by atoms with van der Waals surface area (Å²) >= 11 is 0. The van der Waals surface area contributed by atoms with Crippen molar-refractivity contribution in [2.75, 3.05) is 12.8 Å². The molecule has 21 heavy (non-hydrogen) atoms. The van der Waals surface area contributed by atoms with Crippen molar-refractivity contribution in [2.45, 2.75) is 25.8 Å². The van der Waals surface area contributed by atoms with Gasteiger partial charge in [0.2, 0.25) is 5.91 Å². The summed E-state index contributed by atoms with van der Waals surface area (Å²) < 4.78 is 16.9. The Balaban J connectivity index is 1.91. The summed E-state index contributed by atoms with van der Waals surface area (Å²) in [6.45, 7) is 3.50. The highest BCUT2D eigenvalue weighted by Crippen LogP contribution is 2.39. The molecule has 2 unspecified atom stereocenters. The zero-order valence-corrected chi connectivity index (χ0v) is 13.2. The number of hydrogen-bond donors (Lipinski definition) is 0. The van der Waals surface area contributed by atoms with Gasteiger partial charge >= 0.3 is 5.97 Å². The average molecular weight is 309 g/mol. The topological polar surface area (TPSA) is 63.7 Å². The van der Waals surface area contributed by atoms with E-state index in [0.29, 0.717) is 0 Å². The van der Waals surface area contributed by atoms with Crippen molar-refractivity contribution in [3.63, 3.8) is 0 Å². The molecular formula is C15H19NO4S. The van der Waals surface area contributed by atoms with Gasteiger partial charge in [0.1, 0.15) is 18.5 Å². The number of rotatable bonds is 5. The van der Waals surface area contributed by atoms with Crippen molar-refractivity contribution >= 4 is 22.7 Å². The van der Waals surface area contributed by atoms with Crippen LogP contribution in [0.3, 0.4) is 0 Å². The van der Waals surface area contributed by atoms with Crippen LogP contribution >= 0.6 is 0 Å². The number of β-lactam (4-membered cyclic amide) rings is 1. The maximum atomic E-state index is 12.0. The van der Waals surface area contributed by atoms with Crippen LogP contribution in [0.4, 0.5) is 0 Å². The maximum absolute atomic E-state index is 12.0. The van der Waals surface area contributed by atoms with E-state index in [0.717, 1.165) is 5.56 Å². The summed E-state index contributed by atoms with van der Waals surface area (Å²) in [7, 11) is -1.20. The van der Waals surface area contributed by atoms with Crippen LogP contribution in [0, 0.1) is 5.41 Å². The van der Waals surface area contributed by atoms with Crippen LogP contribution < -0.4 is 0 Å². The van der Waals surface area contributed by atoms with Gasteiger partial charge < -0.3 is 9.64 Å². The summed E-state index contributed by atoms with van der Waals surface area (Å²) in [6.07, 6.45) is 1.54. The predicted molar refractivity (Wildman–Crippen MR) is 79.6 cm³/mol. The Morgan fingerprint density at radius 3 is 2.52 bits per heavy atom. The van der Waals surface area contributed by atoms with Crippen LogP contribution in [0.5, 0.6) is 0 Å². The van der Waals surface area contributed by atoms with E-state index < -0.39 is 27.6 Å². The van der Waals surface area contributed by atoms with Gasteiger partial charge in [-0.25, -0.2) is 0 Å². The molecule has 0 radical (unpaired) electrons. The van der Waals surface area contributed by atoms with Crippen LogP contribution in [0.2, 0.25) is 0 Å². The van der Waals surface area contributed by atoms with E-state index in [1.54, 1.807) is 20.1 Å². The van der Waals surface area contributed by atoms with Crippen molar-refractivity contribution in [1.82, 2.24) is 4.90 Å². The third-order valence-corrected chi connectivity index (χ3v) is 5.04. The zero-order valence-electron chi connectivity index (χ0n) is 12.4. The quantitative estimate of drug-likeness (QED) is 0.607. The molecule has 1 aromatic rings. The average Bonchev–Trinajstić information content (AvgIpc) is 2.44. The van der Waals surface area contributed by atoms with Gasteiger partial charge in [0.25, 0.3) is 0 Å². The van der Waals surface area contributed by atoms with E-state index in [9.17, 15) is 13.8 Å². The maximum Gasteiger partial charge on any atom is 0.326 e. The van der Waals surface area contributed by atoms with Crippen LogP contribution in [-0.2, 0) is 31.7 Å². The molecule has 0 bridgehead atoms. The molecule has 1 fully saturated rings. The van der Waals surface area contributed by atoms with Gasteiger partial charge in [-0.1, -0.05) is 30.3 Å². The lowest BCUT2D eigenvalue weighted by Crippen LogP contribution is -2.68. The second-order valence-corrected chi connectivity index (χ2v) is 7.10. The number of nitrogens with zero attached hydrogens (tertiary/aromatic N) is 1. The predicted octanol–water partition coefficient (Wildman–Crippen LogP) is 1.30. The summed E-state index contributed by atoms with van der Waals surface area (Å²) in [5.74, 6) is -0.655. The Labute approximate surface area is 126 Å². The standard InChI is InChI=1S/C15H19NO4S/c1-15(2)13(18)16(14(15)21(3)19)9-12(17)20-10-11-7-5-4-6-8-11/h4-8,14H,9-10H2,1-3H3. The van der Waals surface area contributed by atoms with Crippen LogP contribution in [0.25, 0.3) is 0 Å². The van der Waals surface area contributed by atoms with E-state index in [1.807, 2.05) is 30.3 Å². The highest BCUT2D eigenvalue weighted by molar-refractivity contribution is 7.85. The molecule has 1 aliphatic heterocycles. The lowest BCUT2D eigenvalue weighted by atomic mass is 9.82. The first kappa shape index (κ1) is 15.7. The summed E-state index contributed by atoms with van der Waals surface area (Å²) in [6, 6.07) is 9.32. The van der Waals surface area contributed by atoms with Crippen molar-refractivity contribution in [3.05, 3.63) is 35.9 Å². The Hall–Kier alpha value is -1.69. The highest BCUT2D eigenvalue weighted by Gasteiger charge is 2.56. The monoisotopic (exact) mass is 309 g/mol. The van der Waals surface area contributed by atoms with E-state index in [2.05, 4.69) is 0 Å². The molecular weight excluding hydrogens is 290 g/mol. The van der Waals surface area contributed by atoms with Gasteiger partial charge in [0.15, 0.2) is 0 Å². The molecule has 0 aliphatic carbocycles. The lowest BCUT2D eigenvalue weighted by molar-refractivity contribution is -0.167. The van der Waals surface area contributed by atoms with Crippen molar-refractivity contribution in [1.29, 1.82) is 0 Å². The number of esters is 1. The minimum absolute atomic E-state index is 0.153. The molecule has 1 aromatic carbocycles. The first-order valence-electron chi connectivity index (χ1n) is 6.67. The molecule has 0 saturated carbocycles. The molecule has 0 spiro atoms. The second-order valence-electron chi connectivity index (χ2n) is 5.65. The van der Waals surface area contributed by atoms with Crippen molar-refractivity contribution < 1.29 is 18.5 Å².